The largest absolute Gasteiger partial charge is 0.378 e. The molecule has 8 heteroatoms. The van der Waals surface area contributed by atoms with Crippen LogP contribution in [0.1, 0.15) is 82.5 Å². The summed E-state index contributed by atoms with van der Waals surface area (Å²) in [5, 5.41) is 4.44. The number of hydrogen-bond acceptors (Lipinski definition) is 5. The number of aromatic nitrogens is 2. The molecular weight excluding hydrogens is 683 g/mol. The van der Waals surface area contributed by atoms with Crippen molar-refractivity contribution in [3.63, 3.8) is 0 Å². The number of fused-ring (bicyclic) bond motifs is 5. The molecule has 2 aliphatic heterocycles. The van der Waals surface area contributed by atoms with Gasteiger partial charge in [-0.2, -0.15) is 0 Å². The van der Waals surface area contributed by atoms with Crippen LogP contribution in [0.4, 0.5) is 17.1 Å². The number of nitrogens with zero attached hydrogens (tertiary/aromatic N) is 4. The van der Waals surface area contributed by atoms with E-state index in [0.29, 0.717) is 5.02 Å². The van der Waals surface area contributed by atoms with Crippen molar-refractivity contribution < 1.29 is 4.74 Å². The minimum Gasteiger partial charge on any atom is -0.378 e. The molecule has 1 saturated heterocycles. The maximum Gasteiger partial charge on any atom is 0.0727 e. The van der Waals surface area contributed by atoms with Crippen LogP contribution in [-0.2, 0) is 33.8 Å². The van der Waals surface area contributed by atoms with E-state index in [1.54, 1.807) is 0 Å². The van der Waals surface area contributed by atoms with Crippen LogP contribution in [0.3, 0.4) is 0 Å². The topological polar surface area (TPSA) is 41.5 Å². The van der Waals surface area contributed by atoms with Crippen molar-refractivity contribution in [2.45, 2.75) is 83.5 Å². The number of halogens is 3. The molecule has 5 aromatic rings. The maximum absolute atomic E-state index is 6.52. The molecule has 9 rings (SSSR count). The molecular formula is C42H45Cl3N4O. The first-order valence-electron chi connectivity index (χ1n) is 17.9. The molecule has 0 N–H and O–H groups in total. The van der Waals surface area contributed by atoms with Gasteiger partial charge >= 0.3 is 0 Å². The van der Waals surface area contributed by atoms with Crippen LogP contribution < -0.4 is 9.80 Å². The summed E-state index contributed by atoms with van der Waals surface area (Å²) in [6.45, 7) is 18.3. The average molecular weight is 728 g/mol. The van der Waals surface area contributed by atoms with Gasteiger partial charge in [0.2, 0.25) is 0 Å². The van der Waals surface area contributed by atoms with Crippen molar-refractivity contribution in [3.05, 3.63) is 97.7 Å². The maximum atomic E-state index is 6.52. The van der Waals surface area contributed by atoms with Crippen LogP contribution in [0.5, 0.6) is 0 Å². The lowest BCUT2D eigenvalue weighted by molar-refractivity contribution is 0.122. The second-order valence-electron chi connectivity index (χ2n) is 16.4. The molecule has 4 heterocycles. The van der Waals surface area contributed by atoms with Crippen LogP contribution in [0.15, 0.2) is 54.6 Å². The van der Waals surface area contributed by atoms with Gasteiger partial charge in [0.25, 0.3) is 0 Å². The van der Waals surface area contributed by atoms with Crippen molar-refractivity contribution >= 4 is 73.7 Å². The molecule has 0 radical (unpaired) electrons. The van der Waals surface area contributed by atoms with Gasteiger partial charge in [0.1, 0.15) is 0 Å². The third-order valence-corrected chi connectivity index (χ3v) is 12.4. The van der Waals surface area contributed by atoms with Gasteiger partial charge in [-0.15, -0.1) is 0 Å². The summed E-state index contributed by atoms with van der Waals surface area (Å²) in [5.41, 5.74) is 12.6. The Hall–Kier alpha value is -3.09. The number of rotatable bonds is 2. The Morgan fingerprint density at radius 3 is 1.90 bits per heavy atom. The number of benzene rings is 3. The molecule has 0 saturated carbocycles. The van der Waals surface area contributed by atoms with Crippen molar-refractivity contribution in [3.8, 4) is 0 Å². The SMILES string of the molecule is CC1(C)CCc2c1nc1ccc(Cl)cc1c2Cl.CC1(C)CN(c2c3c(nc4ccc(Cl)cc24)C(C)(C)CC3)c2cc(N3CCOCC3)ccc21. The number of anilines is 3. The normalized spacial score (nSPS) is 19.7. The summed E-state index contributed by atoms with van der Waals surface area (Å²) in [6.07, 6.45) is 4.31. The molecule has 0 bridgehead atoms. The fraction of sp³-hybridized carbons (Fsp3) is 0.429. The molecule has 2 aromatic heterocycles. The van der Waals surface area contributed by atoms with Gasteiger partial charge in [-0.05, 0) is 90.9 Å². The predicted molar refractivity (Wildman–Crippen MR) is 211 cm³/mol. The second-order valence-corrected chi connectivity index (χ2v) is 17.7. The molecule has 260 valence electrons. The van der Waals surface area contributed by atoms with E-state index in [0.717, 1.165) is 90.7 Å². The number of hydrogen-bond donors (Lipinski definition) is 0. The quantitative estimate of drug-likeness (QED) is 0.181. The highest BCUT2D eigenvalue weighted by molar-refractivity contribution is 6.37. The third kappa shape index (κ3) is 5.73. The first-order valence-corrected chi connectivity index (χ1v) is 19.0. The highest BCUT2D eigenvalue weighted by Gasteiger charge is 2.41. The van der Waals surface area contributed by atoms with Gasteiger partial charge in [-0.25, -0.2) is 0 Å². The Morgan fingerprint density at radius 2 is 1.24 bits per heavy atom. The number of pyridine rings is 2. The summed E-state index contributed by atoms with van der Waals surface area (Å²) in [6, 6.07) is 18.9. The Balaban J connectivity index is 0.000000178. The van der Waals surface area contributed by atoms with Crippen LogP contribution in [-0.4, -0.2) is 42.8 Å². The summed E-state index contributed by atoms with van der Waals surface area (Å²) >= 11 is 19.0. The zero-order valence-corrected chi connectivity index (χ0v) is 32.2. The van der Waals surface area contributed by atoms with Gasteiger partial charge in [0.15, 0.2) is 0 Å². The van der Waals surface area contributed by atoms with Crippen molar-refractivity contribution in [2.24, 2.45) is 0 Å². The van der Waals surface area contributed by atoms with Crippen LogP contribution in [0.25, 0.3) is 21.8 Å². The van der Waals surface area contributed by atoms with Gasteiger partial charge in [0.05, 0.1) is 46.3 Å². The molecule has 0 unspecified atom stereocenters. The minimum absolute atomic E-state index is 0.0635. The highest BCUT2D eigenvalue weighted by Crippen LogP contribution is 2.52. The Morgan fingerprint density at radius 1 is 0.660 bits per heavy atom. The Labute approximate surface area is 310 Å². The smallest absolute Gasteiger partial charge is 0.0727 e. The number of ether oxygens (including phenoxy) is 1. The predicted octanol–water partition coefficient (Wildman–Crippen LogP) is 11.1. The fourth-order valence-electron chi connectivity index (χ4n) is 8.60. The van der Waals surface area contributed by atoms with E-state index in [1.807, 2.05) is 24.3 Å². The molecule has 4 aliphatic rings. The van der Waals surface area contributed by atoms with E-state index in [9.17, 15) is 0 Å². The van der Waals surface area contributed by atoms with E-state index >= 15 is 0 Å². The Kier molecular flexibility index (Phi) is 8.34. The summed E-state index contributed by atoms with van der Waals surface area (Å²) < 4.78 is 5.60. The average Bonchev–Trinajstić information content (AvgIpc) is 3.67. The zero-order chi connectivity index (χ0) is 35.2. The van der Waals surface area contributed by atoms with E-state index in [-0.39, 0.29) is 16.2 Å². The lowest BCUT2D eigenvalue weighted by Crippen LogP contribution is -2.36. The molecule has 5 nitrogen and oxygen atoms in total. The summed E-state index contributed by atoms with van der Waals surface area (Å²) in [5.74, 6) is 0. The molecule has 1 fully saturated rings. The lowest BCUT2D eigenvalue weighted by atomic mass is 9.87. The first kappa shape index (κ1) is 34.0. The van der Waals surface area contributed by atoms with Crippen LogP contribution >= 0.6 is 34.8 Å². The highest BCUT2D eigenvalue weighted by atomic mass is 35.5. The monoisotopic (exact) mass is 726 g/mol. The molecule has 2 aliphatic carbocycles. The summed E-state index contributed by atoms with van der Waals surface area (Å²) in [7, 11) is 0. The molecule has 0 atom stereocenters. The van der Waals surface area contributed by atoms with Crippen molar-refractivity contribution in [1.82, 2.24) is 9.97 Å². The molecule has 3 aromatic carbocycles. The third-order valence-electron chi connectivity index (χ3n) is 11.5. The van der Waals surface area contributed by atoms with E-state index < -0.39 is 0 Å². The fourth-order valence-corrected chi connectivity index (χ4v) is 9.28. The van der Waals surface area contributed by atoms with E-state index in [1.165, 1.54) is 44.8 Å². The molecule has 50 heavy (non-hydrogen) atoms. The van der Waals surface area contributed by atoms with E-state index in [2.05, 4.69) is 81.7 Å². The minimum atomic E-state index is 0.0635. The Bertz CT molecular complexity index is 2170. The summed E-state index contributed by atoms with van der Waals surface area (Å²) in [4.78, 5) is 14.9. The lowest BCUT2D eigenvalue weighted by Gasteiger charge is -2.30. The standard InChI is InChI=1S/C28H32ClN3O.C14H13Cl2N/c1-27(2)10-9-20-25(21-15-18(29)5-8-23(21)30-26(20)27)32-17-28(3,4)22-7-6-19(16-24(22)32)31-11-13-33-14-12-31;1-14(2)6-5-9-12(16)10-7-8(15)3-4-11(10)17-13(9)14/h5-8,15-16H,9-14,17H2,1-4H3;3-4,7H,5-6H2,1-2H3. The zero-order valence-electron chi connectivity index (χ0n) is 29.9. The van der Waals surface area contributed by atoms with Crippen molar-refractivity contribution in [1.29, 1.82) is 0 Å². The van der Waals surface area contributed by atoms with Gasteiger partial charge in [0, 0.05) is 68.1 Å². The van der Waals surface area contributed by atoms with Gasteiger partial charge < -0.3 is 14.5 Å². The molecule has 0 amide bonds. The van der Waals surface area contributed by atoms with Crippen molar-refractivity contribution in [2.75, 3.05) is 42.6 Å². The van der Waals surface area contributed by atoms with E-state index in [4.69, 9.17) is 49.5 Å². The van der Waals surface area contributed by atoms with Gasteiger partial charge in [-0.3, -0.25) is 9.97 Å². The second kappa shape index (κ2) is 12.3. The van der Waals surface area contributed by atoms with Crippen LogP contribution in [0.2, 0.25) is 15.1 Å². The number of morpholine rings is 1. The van der Waals surface area contributed by atoms with Crippen LogP contribution in [0, 0.1) is 0 Å². The molecule has 0 spiro atoms. The van der Waals surface area contributed by atoms with Gasteiger partial charge in [-0.1, -0.05) is 82.4 Å². The first-order chi connectivity index (χ1) is 23.7.